The first-order valence-corrected chi connectivity index (χ1v) is 10.7. The van der Waals surface area contributed by atoms with E-state index in [-0.39, 0.29) is 11.2 Å². The lowest BCUT2D eigenvalue weighted by Gasteiger charge is -2.26. The number of carbonyl (C=O) groups is 1. The Morgan fingerprint density at radius 2 is 1.89 bits per heavy atom. The van der Waals surface area contributed by atoms with E-state index in [1.807, 2.05) is 37.3 Å². The van der Waals surface area contributed by atoms with Crippen molar-refractivity contribution in [2.24, 2.45) is 0 Å². The summed E-state index contributed by atoms with van der Waals surface area (Å²) in [6, 6.07) is 10.0. The van der Waals surface area contributed by atoms with Crippen LogP contribution in [0, 0.1) is 0 Å². The summed E-state index contributed by atoms with van der Waals surface area (Å²) in [6.07, 6.45) is 0.372. The van der Waals surface area contributed by atoms with Gasteiger partial charge in [0.2, 0.25) is 0 Å². The molecule has 1 aromatic rings. The first-order chi connectivity index (χ1) is 8.42. The van der Waals surface area contributed by atoms with E-state index in [4.69, 9.17) is 4.43 Å². The third-order valence-electron chi connectivity index (χ3n) is 2.32. The topological polar surface area (TPSA) is 26.3 Å². The Kier molecular flexibility index (Phi) is 6.12. The van der Waals surface area contributed by atoms with Gasteiger partial charge in [-0.05, 0) is 31.0 Å². The molecule has 0 amide bonds. The van der Waals surface area contributed by atoms with Crippen LogP contribution in [0.2, 0.25) is 19.6 Å². The zero-order valence-corrected chi connectivity index (χ0v) is 13.4. The molecule has 1 unspecified atom stereocenters. The van der Waals surface area contributed by atoms with Crippen LogP contribution in [0.4, 0.5) is 0 Å². The van der Waals surface area contributed by atoms with Gasteiger partial charge in [-0.15, -0.1) is 0 Å². The number of hydrogen-bond acceptors (Lipinski definition) is 3. The van der Waals surface area contributed by atoms with Gasteiger partial charge in [-0.1, -0.05) is 49.0 Å². The molecule has 4 heteroatoms. The maximum absolute atomic E-state index is 11.8. The van der Waals surface area contributed by atoms with Crippen molar-refractivity contribution in [1.82, 2.24) is 0 Å². The fraction of sp³-hybridized carbons (Fsp3) is 0.500. The molecule has 0 aliphatic rings. The second kappa shape index (κ2) is 7.12. The predicted molar refractivity (Wildman–Crippen MR) is 81.4 cm³/mol. The molecule has 18 heavy (non-hydrogen) atoms. The van der Waals surface area contributed by atoms with Crippen molar-refractivity contribution < 1.29 is 9.22 Å². The Bertz CT molecular complexity index is 373. The van der Waals surface area contributed by atoms with E-state index < -0.39 is 8.32 Å². The minimum absolute atomic E-state index is 0.0931. The van der Waals surface area contributed by atoms with Crippen LogP contribution in [0.15, 0.2) is 30.3 Å². The zero-order valence-electron chi connectivity index (χ0n) is 11.6. The van der Waals surface area contributed by atoms with E-state index in [1.54, 1.807) is 0 Å². The summed E-state index contributed by atoms with van der Waals surface area (Å²) in [6.45, 7) is 8.46. The molecule has 0 saturated carbocycles. The molecular formula is C14H22O2SSi. The highest BCUT2D eigenvalue weighted by Gasteiger charge is 2.24. The van der Waals surface area contributed by atoms with Crippen LogP contribution in [0.25, 0.3) is 0 Å². The number of hydrogen-bond donors (Lipinski definition) is 0. The molecule has 0 fully saturated rings. The molecule has 100 valence electrons. The molecule has 0 spiro atoms. The van der Waals surface area contributed by atoms with E-state index in [0.29, 0.717) is 6.42 Å². The average Bonchev–Trinajstić information content (AvgIpc) is 2.28. The lowest BCUT2D eigenvalue weighted by atomic mass is 10.1. The zero-order chi connectivity index (χ0) is 13.6. The summed E-state index contributed by atoms with van der Waals surface area (Å²) in [5.41, 5.74) is 1.10. The van der Waals surface area contributed by atoms with Crippen molar-refractivity contribution in [1.29, 1.82) is 0 Å². The lowest BCUT2D eigenvalue weighted by molar-refractivity contribution is -0.112. The Labute approximate surface area is 115 Å². The Hall–Kier alpha value is -0.583. The smallest absolute Gasteiger partial charge is 0.191 e. The molecule has 0 heterocycles. The normalized spacial score (nSPS) is 13.3. The molecule has 0 aliphatic heterocycles. The summed E-state index contributed by atoms with van der Waals surface area (Å²) >= 11 is 1.38. The van der Waals surface area contributed by atoms with E-state index in [9.17, 15) is 4.79 Å². The van der Waals surface area contributed by atoms with E-state index in [0.717, 1.165) is 11.3 Å². The van der Waals surface area contributed by atoms with Gasteiger partial charge in [-0.2, -0.15) is 0 Å². The maximum atomic E-state index is 11.8. The Balaban J connectivity index is 2.79. The molecule has 0 aromatic heterocycles. The highest BCUT2D eigenvalue weighted by Crippen LogP contribution is 2.27. The minimum Gasteiger partial charge on any atom is -0.410 e. The van der Waals surface area contributed by atoms with Crippen molar-refractivity contribution in [2.75, 3.05) is 5.75 Å². The molecule has 0 saturated heterocycles. The SMILES string of the molecule is CCSC(=O)CC(O[Si](C)(C)C)c1ccccc1. The van der Waals surface area contributed by atoms with E-state index in [2.05, 4.69) is 19.6 Å². The van der Waals surface area contributed by atoms with Crippen molar-refractivity contribution in [3.05, 3.63) is 35.9 Å². The quantitative estimate of drug-likeness (QED) is 0.730. The lowest BCUT2D eigenvalue weighted by Crippen LogP contribution is -2.28. The van der Waals surface area contributed by atoms with Crippen LogP contribution in [0.1, 0.15) is 25.0 Å². The standard InChI is InChI=1S/C14H22O2SSi/c1-5-17-14(15)11-13(16-18(2,3)4)12-9-7-6-8-10-12/h6-10,13H,5,11H2,1-4H3. The van der Waals surface area contributed by atoms with E-state index in [1.165, 1.54) is 11.8 Å². The average molecular weight is 282 g/mol. The second-order valence-corrected chi connectivity index (χ2v) is 10.9. The van der Waals surface area contributed by atoms with Gasteiger partial charge in [-0.3, -0.25) is 4.79 Å². The molecular weight excluding hydrogens is 260 g/mol. The van der Waals surface area contributed by atoms with Crippen LogP contribution >= 0.6 is 11.8 Å². The molecule has 0 aliphatic carbocycles. The third-order valence-corrected chi connectivity index (χ3v) is 4.09. The van der Waals surface area contributed by atoms with Gasteiger partial charge >= 0.3 is 0 Å². The van der Waals surface area contributed by atoms with Crippen LogP contribution in [0.5, 0.6) is 0 Å². The summed E-state index contributed by atoms with van der Waals surface area (Å²) in [5.74, 6) is 0.827. The fourth-order valence-corrected chi connectivity index (χ4v) is 3.36. The van der Waals surface area contributed by atoms with Gasteiger partial charge < -0.3 is 4.43 Å². The highest BCUT2D eigenvalue weighted by molar-refractivity contribution is 8.13. The van der Waals surface area contributed by atoms with Crippen molar-refractivity contribution >= 4 is 25.2 Å². The predicted octanol–water partition coefficient (Wildman–Crippen LogP) is 4.25. The van der Waals surface area contributed by atoms with Gasteiger partial charge in [0.05, 0.1) is 6.10 Å². The number of benzene rings is 1. The third kappa shape index (κ3) is 5.84. The van der Waals surface area contributed by atoms with Gasteiger partial charge in [-0.25, -0.2) is 0 Å². The largest absolute Gasteiger partial charge is 0.410 e. The van der Waals surface area contributed by atoms with E-state index >= 15 is 0 Å². The van der Waals surface area contributed by atoms with Crippen molar-refractivity contribution in [3.8, 4) is 0 Å². The minimum atomic E-state index is -1.65. The Morgan fingerprint density at radius 3 is 2.39 bits per heavy atom. The van der Waals surface area contributed by atoms with Gasteiger partial charge in [0.25, 0.3) is 0 Å². The fourth-order valence-electron chi connectivity index (χ4n) is 1.69. The van der Waals surface area contributed by atoms with Crippen molar-refractivity contribution in [2.45, 2.75) is 39.1 Å². The molecule has 2 nitrogen and oxygen atoms in total. The summed E-state index contributed by atoms with van der Waals surface area (Å²) in [4.78, 5) is 11.8. The summed E-state index contributed by atoms with van der Waals surface area (Å²) in [5, 5.41) is 0.213. The second-order valence-electron chi connectivity index (χ2n) is 5.14. The molecule has 1 rings (SSSR count). The number of rotatable bonds is 6. The monoisotopic (exact) mass is 282 g/mol. The Morgan fingerprint density at radius 1 is 1.28 bits per heavy atom. The first kappa shape index (κ1) is 15.5. The number of thioether (sulfide) groups is 1. The number of carbonyl (C=O) groups excluding carboxylic acids is 1. The van der Waals surface area contributed by atoms with Crippen LogP contribution in [-0.2, 0) is 9.22 Å². The van der Waals surface area contributed by atoms with Gasteiger partial charge in [0, 0.05) is 6.42 Å². The van der Waals surface area contributed by atoms with Gasteiger partial charge in [0.1, 0.15) is 0 Å². The molecule has 0 N–H and O–H groups in total. The highest BCUT2D eigenvalue weighted by atomic mass is 32.2. The molecule has 1 aromatic carbocycles. The van der Waals surface area contributed by atoms with Crippen LogP contribution < -0.4 is 0 Å². The van der Waals surface area contributed by atoms with Crippen LogP contribution in [0.3, 0.4) is 0 Å². The summed E-state index contributed by atoms with van der Waals surface area (Å²) < 4.78 is 6.15. The maximum Gasteiger partial charge on any atom is 0.191 e. The van der Waals surface area contributed by atoms with Crippen LogP contribution in [-0.4, -0.2) is 19.2 Å². The molecule has 0 bridgehead atoms. The summed E-state index contributed by atoms with van der Waals surface area (Å²) in [7, 11) is -1.65. The first-order valence-electron chi connectivity index (χ1n) is 6.31. The van der Waals surface area contributed by atoms with Gasteiger partial charge in [0.15, 0.2) is 13.4 Å². The molecule has 1 atom stereocenters. The molecule has 0 radical (unpaired) electrons. The van der Waals surface area contributed by atoms with Crippen molar-refractivity contribution in [3.63, 3.8) is 0 Å².